The van der Waals surface area contributed by atoms with Gasteiger partial charge in [-0.15, -0.1) is 0 Å². The van der Waals surface area contributed by atoms with Gasteiger partial charge < -0.3 is 15.2 Å². The first-order valence-corrected chi connectivity index (χ1v) is 22.5. The number of unbranched alkanes of at least 4 members (excludes halogenated alkanes) is 26. The highest BCUT2D eigenvalue weighted by molar-refractivity contribution is 5.80. The molecule has 1 atom stereocenters. The van der Waals surface area contributed by atoms with E-state index in [9.17, 15) is 14.4 Å². The van der Waals surface area contributed by atoms with Crippen LogP contribution in [0.25, 0.3) is 0 Å². The highest BCUT2D eigenvalue weighted by Crippen LogP contribution is 2.18. The van der Waals surface area contributed by atoms with Gasteiger partial charge in [0, 0.05) is 12.8 Å². The number of rotatable bonds is 41. The lowest BCUT2D eigenvalue weighted by molar-refractivity contribution is -0.150. The van der Waals surface area contributed by atoms with Crippen LogP contribution in [0.15, 0.2) is 24.3 Å². The van der Waals surface area contributed by atoms with Gasteiger partial charge in [-0.1, -0.05) is 186 Å². The number of aliphatic carboxylic acids is 1. The molecule has 0 spiro atoms. The molecule has 52 heavy (non-hydrogen) atoms. The van der Waals surface area contributed by atoms with Gasteiger partial charge in [0.15, 0.2) is 0 Å². The molecule has 0 saturated heterocycles. The highest BCUT2D eigenvalue weighted by Gasteiger charge is 2.14. The highest BCUT2D eigenvalue weighted by atomic mass is 16.5. The molecule has 6 nitrogen and oxygen atoms in total. The molecule has 0 aliphatic heterocycles. The Bertz CT molecular complexity index is 854. The number of allylic oxidation sites excluding steroid dienone is 4. The standard InChI is InChI=1S/C46H85NO5/c1-3-5-7-9-11-13-15-17-18-19-20-22-24-26-28-33-37-41-46(51)52-43(39-35-31-29-32-36-40-44(48)47-42-45(49)50)38-34-30-27-25-23-21-16-14-12-10-8-6-4-2/h16,21,25,27,43H,3-15,17-20,22-24,26,28-42H2,1-2H3,(H,47,48)(H,49,50)/b21-16-,27-25-. The number of hydrogen-bond acceptors (Lipinski definition) is 4. The van der Waals surface area contributed by atoms with Crippen molar-refractivity contribution in [2.24, 2.45) is 0 Å². The Morgan fingerprint density at radius 1 is 0.500 bits per heavy atom. The van der Waals surface area contributed by atoms with E-state index in [1.165, 1.54) is 135 Å². The summed E-state index contributed by atoms with van der Waals surface area (Å²) < 4.78 is 6.02. The van der Waals surface area contributed by atoms with Crippen molar-refractivity contribution >= 4 is 17.8 Å². The molecule has 0 fully saturated rings. The van der Waals surface area contributed by atoms with E-state index in [4.69, 9.17) is 9.84 Å². The van der Waals surface area contributed by atoms with Crippen molar-refractivity contribution in [3.05, 3.63) is 24.3 Å². The first-order chi connectivity index (χ1) is 25.5. The maximum absolute atomic E-state index is 12.8. The van der Waals surface area contributed by atoms with Crippen molar-refractivity contribution in [1.29, 1.82) is 0 Å². The number of amides is 1. The van der Waals surface area contributed by atoms with Crippen LogP contribution in [0.2, 0.25) is 0 Å². The molecule has 304 valence electrons. The molecule has 0 aromatic heterocycles. The van der Waals surface area contributed by atoms with Crippen LogP contribution < -0.4 is 5.32 Å². The van der Waals surface area contributed by atoms with Gasteiger partial charge in [0.2, 0.25) is 5.91 Å². The fourth-order valence-electron chi connectivity index (χ4n) is 6.79. The molecule has 2 N–H and O–H groups in total. The first kappa shape index (κ1) is 49.9. The number of carbonyl (C=O) groups is 3. The van der Waals surface area contributed by atoms with Crippen molar-refractivity contribution < 1.29 is 24.2 Å². The number of carboxylic acids is 1. The van der Waals surface area contributed by atoms with E-state index in [2.05, 4.69) is 43.5 Å². The lowest BCUT2D eigenvalue weighted by Gasteiger charge is -2.18. The minimum absolute atomic E-state index is 0.0129. The van der Waals surface area contributed by atoms with Crippen LogP contribution in [0.3, 0.4) is 0 Å². The van der Waals surface area contributed by atoms with Gasteiger partial charge in [0.05, 0.1) is 0 Å². The van der Waals surface area contributed by atoms with E-state index < -0.39 is 5.97 Å². The maximum Gasteiger partial charge on any atom is 0.322 e. The number of carboxylic acid groups (broad SMARTS) is 1. The minimum atomic E-state index is -1.02. The van der Waals surface area contributed by atoms with Gasteiger partial charge in [-0.05, 0) is 64.2 Å². The van der Waals surface area contributed by atoms with Gasteiger partial charge in [-0.25, -0.2) is 0 Å². The summed E-state index contributed by atoms with van der Waals surface area (Å²) >= 11 is 0. The summed E-state index contributed by atoms with van der Waals surface area (Å²) in [5, 5.41) is 11.1. The third kappa shape index (κ3) is 40.7. The molecular formula is C46H85NO5. The maximum atomic E-state index is 12.8. The lowest BCUT2D eigenvalue weighted by atomic mass is 10.0. The molecule has 0 aromatic carbocycles. The van der Waals surface area contributed by atoms with E-state index in [0.717, 1.165) is 77.0 Å². The van der Waals surface area contributed by atoms with E-state index in [0.29, 0.717) is 12.8 Å². The van der Waals surface area contributed by atoms with E-state index in [1.807, 2.05) is 0 Å². The van der Waals surface area contributed by atoms with Crippen molar-refractivity contribution in [3.63, 3.8) is 0 Å². The summed E-state index contributed by atoms with van der Waals surface area (Å²) in [7, 11) is 0. The second-order valence-corrected chi connectivity index (χ2v) is 15.3. The molecular weight excluding hydrogens is 647 g/mol. The van der Waals surface area contributed by atoms with Gasteiger partial charge in [0.1, 0.15) is 12.6 Å². The molecule has 0 radical (unpaired) electrons. The SMILES string of the molecule is CCCCCCC/C=C\C/C=C\CCCC(CCCCCCCC(=O)NCC(=O)O)OC(=O)CCCCCCCCCCCCCCCCCCC. The summed E-state index contributed by atoms with van der Waals surface area (Å²) in [6.45, 7) is 4.23. The molecule has 0 rings (SSSR count). The molecule has 0 bridgehead atoms. The molecule has 0 saturated carbocycles. The number of nitrogens with one attached hydrogen (secondary N) is 1. The predicted octanol–water partition coefficient (Wildman–Crippen LogP) is 13.9. The Hall–Kier alpha value is -2.11. The fourth-order valence-corrected chi connectivity index (χ4v) is 6.79. The van der Waals surface area contributed by atoms with Crippen LogP contribution >= 0.6 is 0 Å². The third-order valence-electron chi connectivity index (χ3n) is 10.1. The topological polar surface area (TPSA) is 92.7 Å². The number of ether oxygens (including phenoxy) is 1. The van der Waals surface area contributed by atoms with Crippen molar-refractivity contribution in [3.8, 4) is 0 Å². The fraction of sp³-hybridized carbons (Fsp3) is 0.848. The second kappa shape index (κ2) is 41.6. The first-order valence-electron chi connectivity index (χ1n) is 22.5. The summed E-state index contributed by atoms with van der Waals surface area (Å²) in [5.74, 6) is -1.25. The Labute approximate surface area is 322 Å². The molecule has 0 aromatic rings. The third-order valence-corrected chi connectivity index (χ3v) is 10.1. The second-order valence-electron chi connectivity index (χ2n) is 15.3. The van der Waals surface area contributed by atoms with Crippen LogP contribution in [0.5, 0.6) is 0 Å². The normalized spacial score (nSPS) is 12.2. The summed E-state index contributed by atoms with van der Waals surface area (Å²) in [4.78, 5) is 35.0. The Balaban J connectivity index is 4.17. The van der Waals surface area contributed by atoms with Crippen molar-refractivity contribution in [1.82, 2.24) is 5.32 Å². The lowest BCUT2D eigenvalue weighted by Crippen LogP contribution is -2.28. The van der Waals surface area contributed by atoms with E-state index in [-0.39, 0.29) is 24.5 Å². The van der Waals surface area contributed by atoms with Crippen molar-refractivity contribution in [2.75, 3.05) is 6.54 Å². The zero-order valence-electron chi connectivity index (χ0n) is 34.4. The smallest absolute Gasteiger partial charge is 0.322 e. The van der Waals surface area contributed by atoms with Crippen LogP contribution in [0.4, 0.5) is 0 Å². The monoisotopic (exact) mass is 732 g/mol. The molecule has 1 unspecified atom stereocenters. The van der Waals surface area contributed by atoms with Crippen LogP contribution in [0.1, 0.15) is 239 Å². The summed E-state index contributed by atoms with van der Waals surface area (Å²) in [5.41, 5.74) is 0. The molecule has 6 heteroatoms. The van der Waals surface area contributed by atoms with Crippen LogP contribution in [-0.4, -0.2) is 35.6 Å². The average molecular weight is 732 g/mol. The average Bonchev–Trinajstić information content (AvgIpc) is 3.13. The van der Waals surface area contributed by atoms with Crippen LogP contribution in [0, 0.1) is 0 Å². The zero-order chi connectivity index (χ0) is 38.0. The number of carbonyl (C=O) groups excluding carboxylic acids is 2. The molecule has 0 aliphatic rings. The molecule has 0 aliphatic carbocycles. The Kier molecular flexibility index (Phi) is 40.0. The van der Waals surface area contributed by atoms with Gasteiger partial charge in [-0.2, -0.15) is 0 Å². The minimum Gasteiger partial charge on any atom is -0.480 e. The quantitative estimate of drug-likeness (QED) is 0.0371. The zero-order valence-corrected chi connectivity index (χ0v) is 34.4. The van der Waals surface area contributed by atoms with Crippen molar-refractivity contribution in [2.45, 2.75) is 245 Å². The summed E-state index contributed by atoms with van der Waals surface area (Å²) in [6.07, 6.45) is 50.2. The van der Waals surface area contributed by atoms with E-state index in [1.54, 1.807) is 0 Å². The number of hydrogen-bond donors (Lipinski definition) is 2. The van der Waals surface area contributed by atoms with Gasteiger partial charge in [-0.3, -0.25) is 14.4 Å². The Morgan fingerprint density at radius 2 is 0.904 bits per heavy atom. The molecule has 1 amide bonds. The summed E-state index contributed by atoms with van der Waals surface area (Å²) in [6, 6.07) is 0. The van der Waals surface area contributed by atoms with E-state index >= 15 is 0 Å². The van der Waals surface area contributed by atoms with Gasteiger partial charge in [0.25, 0.3) is 0 Å². The van der Waals surface area contributed by atoms with Crippen LogP contribution in [-0.2, 0) is 19.1 Å². The number of esters is 1. The molecule has 0 heterocycles. The van der Waals surface area contributed by atoms with Gasteiger partial charge >= 0.3 is 11.9 Å². The predicted molar refractivity (Wildman–Crippen MR) is 222 cm³/mol. The Morgan fingerprint density at radius 3 is 1.40 bits per heavy atom. The largest absolute Gasteiger partial charge is 0.480 e.